The fraction of sp³-hybridized carbons (Fsp3) is 0.412. The van der Waals surface area contributed by atoms with Gasteiger partial charge in [-0.1, -0.05) is 0 Å². The van der Waals surface area contributed by atoms with Crippen LogP contribution in [0.4, 0.5) is 0 Å². The Hall–Kier alpha value is -2.50. The Morgan fingerprint density at radius 3 is 2.52 bits per heavy atom. The minimum atomic E-state index is -0.163. The standard InChI is InChI=1S/C17H21N3O3/c1-11(21)20-8-6-12-9-15(22-3)16(23-4)10-13(12)17(20)14-5-7-18-19(14)2/h5,7,9-10,17H,6,8H2,1-4H3/t17-/m1/s1. The molecule has 0 N–H and O–H groups in total. The molecular formula is C17H21N3O3. The topological polar surface area (TPSA) is 56.6 Å². The first-order chi connectivity index (χ1) is 11.1. The van der Waals surface area contributed by atoms with Gasteiger partial charge in [0.25, 0.3) is 0 Å². The molecule has 0 spiro atoms. The van der Waals surface area contributed by atoms with Gasteiger partial charge in [-0.25, -0.2) is 0 Å². The summed E-state index contributed by atoms with van der Waals surface area (Å²) >= 11 is 0. The van der Waals surface area contributed by atoms with Crippen molar-refractivity contribution in [2.75, 3.05) is 20.8 Å². The number of hydrogen-bond donors (Lipinski definition) is 0. The Balaban J connectivity index is 2.19. The maximum atomic E-state index is 12.1. The minimum absolute atomic E-state index is 0.0524. The molecule has 0 unspecified atom stereocenters. The second kappa shape index (κ2) is 5.95. The van der Waals surface area contributed by atoms with Gasteiger partial charge < -0.3 is 14.4 Å². The zero-order chi connectivity index (χ0) is 16.6. The van der Waals surface area contributed by atoms with Crippen molar-refractivity contribution >= 4 is 5.91 Å². The molecule has 1 atom stereocenters. The zero-order valence-corrected chi connectivity index (χ0v) is 13.9. The summed E-state index contributed by atoms with van der Waals surface area (Å²) < 4.78 is 12.7. The number of hydrogen-bond acceptors (Lipinski definition) is 4. The van der Waals surface area contributed by atoms with E-state index in [-0.39, 0.29) is 11.9 Å². The van der Waals surface area contributed by atoms with E-state index in [0.29, 0.717) is 18.0 Å². The van der Waals surface area contributed by atoms with Crippen molar-refractivity contribution in [2.24, 2.45) is 7.05 Å². The van der Waals surface area contributed by atoms with Gasteiger partial charge in [0, 0.05) is 26.7 Å². The summed E-state index contributed by atoms with van der Waals surface area (Å²) in [5, 5.41) is 4.26. The molecule has 0 fully saturated rings. The first kappa shape index (κ1) is 15.4. The molecule has 1 amide bonds. The van der Waals surface area contributed by atoms with Gasteiger partial charge in [0.05, 0.1) is 26.0 Å². The average molecular weight is 315 g/mol. The molecule has 0 bridgehead atoms. The highest BCUT2D eigenvalue weighted by atomic mass is 16.5. The molecule has 1 aliphatic heterocycles. The molecule has 1 aliphatic rings. The Bertz CT molecular complexity index is 739. The van der Waals surface area contributed by atoms with E-state index in [1.54, 1.807) is 27.3 Å². The maximum absolute atomic E-state index is 12.1. The third-order valence-electron chi connectivity index (χ3n) is 4.42. The quantitative estimate of drug-likeness (QED) is 0.868. The van der Waals surface area contributed by atoms with Crippen molar-refractivity contribution in [1.29, 1.82) is 0 Å². The predicted octanol–water partition coefficient (Wildman–Crippen LogP) is 1.93. The molecule has 0 aliphatic carbocycles. The summed E-state index contributed by atoms with van der Waals surface area (Å²) in [6.07, 6.45) is 2.55. The van der Waals surface area contributed by atoms with Gasteiger partial charge in [-0.3, -0.25) is 9.48 Å². The molecule has 23 heavy (non-hydrogen) atoms. The molecule has 3 rings (SSSR count). The highest BCUT2D eigenvalue weighted by Crippen LogP contribution is 2.40. The van der Waals surface area contributed by atoms with Crippen LogP contribution in [0.2, 0.25) is 0 Å². The lowest BCUT2D eigenvalue weighted by atomic mass is 9.90. The van der Waals surface area contributed by atoms with Crippen LogP contribution in [0.15, 0.2) is 24.4 Å². The van der Waals surface area contributed by atoms with E-state index in [9.17, 15) is 4.79 Å². The Labute approximate surface area is 135 Å². The van der Waals surface area contributed by atoms with Gasteiger partial charge in [0.2, 0.25) is 5.91 Å². The van der Waals surface area contributed by atoms with Crippen molar-refractivity contribution in [3.8, 4) is 11.5 Å². The number of aromatic nitrogens is 2. The van der Waals surface area contributed by atoms with E-state index in [2.05, 4.69) is 5.10 Å². The third kappa shape index (κ3) is 2.54. The lowest BCUT2D eigenvalue weighted by molar-refractivity contribution is -0.131. The number of benzene rings is 1. The van der Waals surface area contributed by atoms with Crippen molar-refractivity contribution in [3.63, 3.8) is 0 Å². The van der Waals surface area contributed by atoms with Crippen LogP contribution in [-0.2, 0) is 18.3 Å². The second-order valence-electron chi connectivity index (χ2n) is 5.65. The van der Waals surface area contributed by atoms with Crippen LogP contribution in [-0.4, -0.2) is 41.4 Å². The average Bonchev–Trinajstić information content (AvgIpc) is 2.97. The number of carbonyl (C=O) groups is 1. The molecule has 1 aromatic carbocycles. The Morgan fingerprint density at radius 1 is 1.26 bits per heavy atom. The first-order valence-corrected chi connectivity index (χ1v) is 7.56. The smallest absolute Gasteiger partial charge is 0.220 e. The van der Waals surface area contributed by atoms with Crippen LogP contribution in [0, 0.1) is 0 Å². The van der Waals surface area contributed by atoms with Crippen molar-refractivity contribution < 1.29 is 14.3 Å². The second-order valence-corrected chi connectivity index (χ2v) is 5.65. The maximum Gasteiger partial charge on any atom is 0.220 e. The van der Waals surface area contributed by atoms with Crippen LogP contribution in [0.1, 0.15) is 29.8 Å². The van der Waals surface area contributed by atoms with Crippen LogP contribution < -0.4 is 9.47 Å². The monoisotopic (exact) mass is 315 g/mol. The van der Waals surface area contributed by atoms with Crippen LogP contribution in [0.25, 0.3) is 0 Å². The summed E-state index contributed by atoms with van der Waals surface area (Å²) in [6, 6.07) is 5.77. The fourth-order valence-electron chi connectivity index (χ4n) is 3.26. The van der Waals surface area contributed by atoms with E-state index < -0.39 is 0 Å². The molecule has 0 saturated heterocycles. The molecule has 6 nitrogen and oxygen atoms in total. The summed E-state index contributed by atoms with van der Waals surface area (Å²) in [4.78, 5) is 14.0. The SMILES string of the molecule is COc1cc2c(cc1OC)[C@H](c1ccnn1C)N(C(C)=O)CC2. The first-order valence-electron chi connectivity index (χ1n) is 7.56. The number of amides is 1. The van der Waals surface area contributed by atoms with Gasteiger partial charge in [0.15, 0.2) is 11.5 Å². The third-order valence-corrected chi connectivity index (χ3v) is 4.42. The van der Waals surface area contributed by atoms with Crippen LogP contribution in [0.3, 0.4) is 0 Å². The van der Waals surface area contributed by atoms with E-state index in [4.69, 9.17) is 9.47 Å². The summed E-state index contributed by atoms with van der Waals surface area (Å²) in [5.41, 5.74) is 3.22. The summed E-state index contributed by atoms with van der Waals surface area (Å²) in [7, 11) is 5.14. The van der Waals surface area contributed by atoms with E-state index >= 15 is 0 Å². The van der Waals surface area contributed by atoms with E-state index in [0.717, 1.165) is 17.7 Å². The zero-order valence-electron chi connectivity index (χ0n) is 13.9. The number of carbonyl (C=O) groups excluding carboxylic acids is 1. The summed E-state index contributed by atoms with van der Waals surface area (Å²) in [5.74, 6) is 1.44. The molecular weight excluding hydrogens is 294 g/mol. The lowest BCUT2D eigenvalue weighted by Crippen LogP contribution is -2.40. The van der Waals surface area contributed by atoms with Gasteiger partial charge in [-0.15, -0.1) is 0 Å². The van der Waals surface area contributed by atoms with E-state index in [1.807, 2.05) is 34.8 Å². The Kier molecular flexibility index (Phi) is 3.98. The molecule has 0 saturated carbocycles. The lowest BCUT2D eigenvalue weighted by Gasteiger charge is -2.37. The number of ether oxygens (including phenoxy) is 2. The molecule has 2 aromatic rings. The summed E-state index contributed by atoms with van der Waals surface area (Å²) in [6.45, 7) is 2.28. The molecule has 122 valence electrons. The molecule has 6 heteroatoms. The van der Waals surface area contributed by atoms with E-state index in [1.165, 1.54) is 5.56 Å². The predicted molar refractivity (Wildman–Crippen MR) is 85.7 cm³/mol. The molecule has 2 heterocycles. The number of nitrogens with zero attached hydrogens (tertiary/aromatic N) is 3. The molecule has 0 radical (unpaired) electrons. The van der Waals surface area contributed by atoms with Crippen LogP contribution in [0.5, 0.6) is 11.5 Å². The van der Waals surface area contributed by atoms with Crippen LogP contribution >= 0.6 is 0 Å². The van der Waals surface area contributed by atoms with Crippen molar-refractivity contribution in [1.82, 2.24) is 14.7 Å². The van der Waals surface area contributed by atoms with Gasteiger partial charge >= 0.3 is 0 Å². The highest BCUT2D eigenvalue weighted by Gasteiger charge is 2.33. The van der Waals surface area contributed by atoms with Crippen molar-refractivity contribution in [2.45, 2.75) is 19.4 Å². The fourth-order valence-corrected chi connectivity index (χ4v) is 3.26. The number of methoxy groups -OCH3 is 2. The van der Waals surface area contributed by atoms with Crippen molar-refractivity contribution in [3.05, 3.63) is 41.2 Å². The Morgan fingerprint density at radius 2 is 1.96 bits per heavy atom. The number of aryl methyl sites for hydroxylation is 1. The minimum Gasteiger partial charge on any atom is -0.493 e. The largest absolute Gasteiger partial charge is 0.493 e. The highest BCUT2D eigenvalue weighted by molar-refractivity contribution is 5.75. The van der Waals surface area contributed by atoms with Gasteiger partial charge in [0.1, 0.15) is 0 Å². The number of fused-ring (bicyclic) bond motifs is 1. The van der Waals surface area contributed by atoms with Gasteiger partial charge in [-0.2, -0.15) is 5.10 Å². The molecule has 1 aromatic heterocycles. The van der Waals surface area contributed by atoms with Gasteiger partial charge in [-0.05, 0) is 35.7 Å². The number of rotatable bonds is 3. The normalized spacial score (nSPS) is 16.9.